The van der Waals surface area contributed by atoms with E-state index >= 15 is 0 Å². The molecule has 0 aliphatic rings. The Morgan fingerprint density at radius 1 is 1.00 bits per heavy atom. The van der Waals surface area contributed by atoms with Crippen LogP contribution in [0.25, 0.3) is 11.3 Å². The highest BCUT2D eigenvalue weighted by molar-refractivity contribution is 7.89. The smallest absolute Gasteiger partial charge is 0.211 e. The average molecular weight is 374 g/mol. The zero-order chi connectivity index (χ0) is 18.4. The first-order valence-electron chi connectivity index (χ1n) is 8.25. The minimum Gasteiger partial charge on any atom is -0.356 e. The molecule has 0 atom stereocenters. The number of aromatic nitrogens is 1. The zero-order valence-corrected chi connectivity index (χ0v) is 14.9. The number of aryl methyl sites for hydroxylation is 1. The molecule has 0 spiro atoms. The summed E-state index contributed by atoms with van der Waals surface area (Å²) >= 11 is 0. The van der Waals surface area contributed by atoms with Crippen molar-refractivity contribution < 1.29 is 17.3 Å². The molecule has 0 aliphatic heterocycles. The largest absolute Gasteiger partial charge is 0.356 e. The van der Waals surface area contributed by atoms with E-state index in [-0.39, 0.29) is 18.7 Å². The molecule has 1 heterocycles. The number of hydrogen-bond acceptors (Lipinski definition) is 4. The monoisotopic (exact) mass is 374 g/mol. The molecular formula is C19H19FN2O3S. The van der Waals surface area contributed by atoms with E-state index in [0.29, 0.717) is 23.4 Å². The molecule has 0 saturated carbocycles. The standard InChI is InChI=1S/C19H19FN2O3S/c20-18-9-5-4-6-15(18)11-13-26(23,24)21-12-10-17-14-19(25-22-17)16-7-2-1-3-8-16/h1-9,14,21H,10-13H2. The Hall–Kier alpha value is -2.51. The lowest BCUT2D eigenvalue weighted by atomic mass is 10.1. The molecule has 136 valence electrons. The van der Waals surface area contributed by atoms with Gasteiger partial charge in [0.2, 0.25) is 10.0 Å². The number of rotatable bonds is 8. The van der Waals surface area contributed by atoms with E-state index in [2.05, 4.69) is 9.88 Å². The first-order chi connectivity index (χ1) is 12.5. The second-order valence-electron chi connectivity index (χ2n) is 5.85. The van der Waals surface area contributed by atoms with Crippen LogP contribution < -0.4 is 4.72 Å². The van der Waals surface area contributed by atoms with Crippen LogP contribution in [0.5, 0.6) is 0 Å². The summed E-state index contributed by atoms with van der Waals surface area (Å²) in [5, 5.41) is 3.96. The molecule has 0 saturated heterocycles. The molecule has 5 nitrogen and oxygen atoms in total. The summed E-state index contributed by atoms with van der Waals surface area (Å²) in [4.78, 5) is 0. The Kier molecular flexibility index (Phi) is 5.80. The lowest BCUT2D eigenvalue weighted by Crippen LogP contribution is -2.29. The van der Waals surface area contributed by atoms with Crippen molar-refractivity contribution in [3.8, 4) is 11.3 Å². The predicted molar refractivity (Wildman–Crippen MR) is 97.5 cm³/mol. The zero-order valence-electron chi connectivity index (χ0n) is 14.1. The lowest BCUT2D eigenvalue weighted by Gasteiger charge is -2.06. The van der Waals surface area contributed by atoms with Gasteiger partial charge < -0.3 is 4.52 Å². The molecule has 0 fully saturated rings. The summed E-state index contributed by atoms with van der Waals surface area (Å²) in [6, 6.07) is 17.5. The molecular weight excluding hydrogens is 355 g/mol. The Morgan fingerprint density at radius 3 is 2.50 bits per heavy atom. The summed E-state index contributed by atoms with van der Waals surface area (Å²) in [5.74, 6) is 0.0870. The maximum absolute atomic E-state index is 13.5. The molecule has 2 aromatic carbocycles. The Labute approximate surface area is 151 Å². The molecule has 3 aromatic rings. The second kappa shape index (κ2) is 8.25. The number of sulfonamides is 1. The second-order valence-corrected chi connectivity index (χ2v) is 7.78. The quantitative estimate of drug-likeness (QED) is 0.657. The number of nitrogens with one attached hydrogen (secondary N) is 1. The SMILES string of the molecule is O=S(=O)(CCc1ccccc1F)NCCc1cc(-c2ccccc2)on1. The van der Waals surface area contributed by atoms with Crippen molar-refractivity contribution in [1.29, 1.82) is 0 Å². The van der Waals surface area contributed by atoms with E-state index in [9.17, 15) is 12.8 Å². The van der Waals surface area contributed by atoms with E-state index in [1.807, 2.05) is 30.3 Å². The van der Waals surface area contributed by atoms with Crippen LogP contribution in [0, 0.1) is 5.82 Å². The first kappa shape index (κ1) is 18.3. The van der Waals surface area contributed by atoms with E-state index in [4.69, 9.17) is 4.52 Å². The fourth-order valence-corrected chi connectivity index (χ4v) is 3.57. The molecule has 0 bridgehead atoms. The van der Waals surface area contributed by atoms with Gasteiger partial charge in [-0.05, 0) is 18.1 Å². The van der Waals surface area contributed by atoms with Crippen molar-refractivity contribution in [2.45, 2.75) is 12.8 Å². The van der Waals surface area contributed by atoms with E-state index < -0.39 is 15.8 Å². The van der Waals surface area contributed by atoms with Crippen LogP contribution in [0.3, 0.4) is 0 Å². The maximum atomic E-state index is 13.5. The van der Waals surface area contributed by atoms with Crippen molar-refractivity contribution in [2.75, 3.05) is 12.3 Å². The average Bonchev–Trinajstić information content (AvgIpc) is 3.11. The summed E-state index contributed by atoms with van der Waals surface area (Å²) in [6.07, 6.45) is 0.541. The number of benzene rings is 2. The van der Waals surface area contributed by atoms with Crippen molar-refractivity contribution in [2.24, 2.45) is 0 Å². The Balaban J connectivity index is 1.50. The Bertz CT molecular complexity index is 956. The van der Waals surface area contributed by atoms with Crippen molar-refractivity contribution in [3.63, 3.8) is 0 Å². The van der Waals surface area contributed by atoms with E-state index in [1.165, 1.54) is 6.07 Å². The molecule has 0 amide bonds. The Morgan fingerprint density at radius 2 is 1.73 bits per heavy atom. The molecule has 3 rings (SSSR count). The van der Waals surface area contributed by atoms with Gasteiger partial charge >= 0.3 is 0 Å². The lowest BCUT2D eigenvalue weighted by molar-refractivity contribution is 0.423. The van der Waals surface area contributed by atoms with Gasteiger partial charge in [0.05, 0.1) is 11.4 Å². The third-order valence-corrected chi connectivity index (χ3v) is 5.30. The normalized spacial score (nSPS) is 11.6. The summed E-state index contributed by atoms with van der Waals surface area (Å²) in [7, 11) is -3.49. The summed E-state index contributed by atoms with van der Waals surface area (Å²) in [5.41, 5.74) is 1.97. The van der Waals surface area contributed by atoms with Gasteiger partial charge in [-0.25, -0.2) is 17.5 Å². The van der Waals surface area contributed by atoms with Gasteiger partial charge in [0.15, 0.2) is 5.76 Å². The van der Waals surface area contributed by atoms with Crippen molar-refractivity contribution in [1.82, 2.24) is 9.88 Å². The van der Waals surface area contributed by atoms with E-state index in [0.717, 1.165) is 5.56 Å². The van der Waals surface area contributed by atoms with Gasteiger partial charge in [-0.1, -0.05) is 53.7 Å². The van der Waals surface area contributed by atoms with Gasteiger partial charge in [-0.15, -0.1) is 0 Å². The van der Waals surface area contributed by atoms with Gasteiger partial charge in [-0.2, -0.15) is 0 Å². The molecule has 0 radical (unpaired) electrons. The fraction of sp³-hybridized carbons (Fsp3) is 0.211. The van der Waals surface area contributed by atoms with Gasteiger partial charge in [0.1, 0.15) is 5.82 Å². The van der Waals surface area contributed by atoms with Gasteiger partial charge in [-0.3, -0.25) is 0 Å². The molecule has 7 heteroatoms. The number of nitrogens with zero attached hydrogens (tertiary/aromatic N) is 1. The van der Waals surface area contributed by atoms with Crippen molar-refractivity contribution in [3.05, 3.63) is 77.7 Å². The number of halogens is 1. The van der Waals surface area contributed by atoms with Crippen LogP contribution in [0.15, 0.2) is 65.2 Å². The number of hydrogen-bond donors (Lipinski definition) is 1. The van der Waals surface area contributed by atoms with Crippen molar-refractivity contribution >= 4 is 10.0 Å². The van der Waals surface area contributed by atoms with Crippen LogP contribution in [0.1, 0.15) is 11.3 Å². The third-order valence-electron chi connectivity index (χ3n) is 3.92. The molecule has 1 N–H and O–H groups in total. The molecule has 0 aliphatic carbocycles. The minimum absolute atomic E-state index is 0.129. The predicted octanol–water partition coefficient (Wildman–Crippen LogP) is 3.19. The highest BCUT2D eigenvalue weighted by Crippen LogP contribution is 2.19. The molecule has 26 heavy (non-hydrogen) atoms. The highest BCUT2D eigenvalue weighted by atomic mass is 32.2. The maximum Gasteiger partial charge on any atom is 0.211 e. The topological polar surface area (TPSA) is 72.2 Å². The molecule has 1 aromatic heterocycles. The minimum atomic E-state index is -3.49. The van der Waals surface area contributed by atoms with Crippen LogP contribution in [-0.2, 0) is 22.9 Å². The molecule has 0 unspecified atom stereocenters. The van der Waals surface area contributed by atoms with Crippen LogP contribution in [-0.4, -0.2) is 25.9 Å². The fourth-order valence-electron chi connectivity index (χ4n) is 2.52. The highest BCUT2D eigenvalue weighted by Gasteiger charge is 2.13. The van der Waals surface area contributed by atoms with Crippen LogP contribution in [0.2, 0.25) is 0 Å². The van der Waals surface area contributed by atoms with Gasteiger partial charge in [0, 0.05) is 24.6 Å². The van der Waals surface area contributed by atoms with Crippen LogP contribution >= 0.6 is 0 Å². The van der Waals surface area contributed by atoms with E-state index in [1.54, 1.807) is 24.3 Å². The summed E-state index contributed by atoms with van der Waals surface area (Å²) < 4.78 is 45.5. The third kappa shape index (κ3) is 5.00. The van der Waals surface area contributed by atoms with Crippen LogP contribution in [0.4, 0.5) is 4.39 Å². The summed E-state index contributed by atoms with van der Waals surface area (Å²) in [6.45, 7) is 0.209. The van der Waals surface area contributed by atoms with Gasteiger partial charge in [0.25, 0.3) is 0 Å². The first-order valence-corrected chi connectivity index (χ1v) is 9.90.